The van der Waals surface area contributed by atoms with Crippen molar-refractivity contribution in [3.05, 3.63) is 30.3 Å². The molecule has 0 aliphatic rings. The van der Waals surface area contributed by atoms with Crippen LogP contribution in [0.15, 0.2) is 30.3 Å². The number of amides is 1. The van der Waals surface area contributed by atoms with Crippen LogP contribution in [0.4, 0.5) is 5.69 Å². The van der Waals surface area contributed by atoms with E-state index in [-0.39, 0.29) is 5.91 Å². The molecule has 14 heavy (non-hydrogen) atoms. The van der Waals surface area contributed by atoms with Gasteiger partial charge in [-0.15, -0.1) is 0 Å². The van der Waals surface area contributed by atoms with E-state index >= 15 is 0 Å². The molecule has 0 saturated heterocycles. The smallest absolute Gasteiger partial charge is 0.255 e. The van der Waals surface area contributed by atoms with Crippen LogP contribution in [0.5, 0.6) is 0 Å². The maximum Gasteiger partial charge on any atom is 0.255 e. The molecule has 1 amide bonds. The zero-order valence-corrected chi connectivity index (χ0v) is 8.73. The number of ether oxygens (including phenoxy) is 1. The third-order valence-corrected chi connectivity index (χ3v) is 2.18. The molecule has 0 radical (unpaired) electrons. The van der Waals surface area contributed by atoms with Crippen molar-refractivity contribution in [1.82, 2.24) is 0 Å². The molecule has 0 fully saturated rings. The number of benzene rings is 1. The average Bonchev–Trinajstić information content (AvgIpc) is 2.27. The van der Waals surface area contributed by atoms with E-state index in [0.717, 1.165) is 5.69 Å². The molecule has 0 aliphatic heterocycles. The van der Waals surface area contributed by atoms with E-state index < -0.39 is 6.10 Å². The Morgan fingerprint density at radius 3 is 2.43 bits per heavy atom. The third kappa shape index (κ3) is 2.33. The molecule has 3 heteroatoms. The molecule has 0 N–H and O–H groups in total. The van der Waals surface area contributed by atoms with Crippen molar-refractivity contribution >= 4 is 11.6 Å². The summed E-state index contributed by atoms with van der Waals surface area (Å²) in [6.45, 7) is 1.74. The second kappa shape index (κ2) is 4.77. The van der Waals surface area contributed by atoms with Crippen molar-refractivity contribution in [3.63, 3.8) is 0 Å². The van der Waals surface area contributed by atoms with Crippen molar-refractivity contribution in [2.24, 2.45) is 0 Å². The average molecular weight is 193 g/mol. The summed E-state index contributed by atoms with van der Waals surface area (Å²) in [6, 6.07) is 9.50. The summed E-state index contributed by atoms with van der Waals surface area (Å²) < 4.78 is 4.96. The summed E-state index contributed by atoms with van der Waals surface area (Å²) in [5, 5.41) is 0. The number of rotatable bonds is 3. The minimum atomic E-state index is -0.403. The van der Waals surface area contributed by atoms with Crippen LogP contribution in [-0.2, 0) is 9.53 Å². The maximum atomic E-state index is 11.7. The predicted molar refractivity (Wildman–Crippen MR) is 56.3 cm³/mol. The van der Waals surface area contributed by atoms with Gasteiger partial charge in [0.25, 0.3) is 5.91 Å². The van der Waals surface area contributed by atoms with Gasteiger partial charge in [-0.25, -0.2) is 0 Å². The van der Waals surface area contributed by atoms with E-state index in [4.69, 9.17) is 4.74 Å². The van der Waals surface area contributed by atoms with E-state index in [1.807, 2.05) is 30.3 Å². The number of carbonyl (C=O) groups excluding carboxylic acids is 1. The van der Waals surface area contributed by atoms with Crippen LogP contribution in [0.25, 0.3) is 0 Å². The van der Waals surface area contributed by atoms with Crippen LogP contribution in [-0.4, -0.2) is 26.2 Å². The van der Waals surface area contributed by atoms with Crippen LogP contribution in [0, 0.1) is 0 Å². The summed E-state index contributed by atoms with van der Waals surface area (Å²) in [4.78, 5) is 13.3. The fraction of sp³-hybridized carbons (Fsp3) is 0.364. The van der Waals surface area contributed by atoms with E-state index in [2.05, 4.69) is 0 Å². The van der Waals surface area contributed by atoms with E-state index in [1.54, 1.807) is 18.9 Å². The number of nitrogens with zero attached hydrogens (tertiary/aromatic N) is 1. The van der Waals surface area contributed by atoms with Gasteiger partial charge in [-0.1, -0.05) is 18.2 Å². The molecule has 76 valence electrons. The van der Waals surface area contributed by atoms with E-state index in [1.165, 1.54) is 7.11 Å². The van der Waals surface area contributed by atoms with Gasteiger partial charge in [0.15, 0.2) is 0 Å². The highest BCUT2D eigenvalue weighted by Gasteiger charge is 2.17. The second-order valence-electron chi connectivity index (χ2n) is 3.11. The lowest BCUT2D eigenvalue weighted by Crippen LogP contribution is -2.35. The van der Waals surface area contributed by atoms with Gasteiger partial charge in [0, 0.05) is 19.8 Å². The van der Waals surface area contributed by atoms with E-state index in [9.17, 15) is 4.79 Å². The molecule has 0 bridgehead atoms. The molecular formula is C11H15NO2. The SMILES string of the molecule is COC(C)C(=O)N(C)c1ccccc1. The van der Waals surface area contributed by atoms with Gasteiger partial charge in [0.05, 0.1) is 0 Å². The molecule has 0 aliphatic carbocycles. The Labute approximate surface area is 84.3 Å². The molecule has 0 heterocycles. The lowest BCUT2D eigenvalue weighted by Gasteiger charge is -2.20. The highest BCUT2D eigenvalue weighted by molar-refractivity contribution is 5.95. The van der Waals surface area contributed by atoms with Gasteiger partial charge < -0.3 is 9.64 Å². The molecule has 0 saturated carbocycles. The van der Waals surface area contributed by atoms with Crippen LogP contribution in [0.1, 0.15) is 6.92 Å². The highest BCUT2D eigenvalue weighted by atomic mass is 16.5. The molecule has 3 nitrogen and oxygen atoms in total. The Morgan fingerprint density at radius 1 is 1.36 bits per heavy atom. The summed E-state index contributed by atoms with van der Waals surface area (Å²) in [7, 11) is 3.27. The fourth-order valence-corrected chi connectivity index (χ4v) is 1.15. The Kier molecular flexibility index (Phi) is 3.65. The lowest BCUT2D eigenvalue weighted by atomic mass is 10.2. The first-order valence-corrected chi connectivity index (χ1v) is 4.52. The van der Waals surface area contributed by atoms with Crippen molar-refractivity contribution in [2.75, 3.05) is 19.1 Å². The Hall–Kier alpha value is -1.35. The number of anilines is 1. The van der Waals surface area contributed by atoms with Gasteiger partial charge in [-0.3, -0.25) is 4.79 Å². The zero-order valence-electron chi connectivity index (χ0n) is 8.73. The monoisotopic (exact) mass is 193 g/mol. The van der Waals surface area contributed by atoms with Gasteiger partial charge in [0.1, 0.15) is 6.10 Å². The number of methoxy groups -OCH3 is 1. The Morgan fingerprint density at radius 2 is 1.93 bits per heavy atom. The molecule has 1 aromatic rings. The van der Waals surface area contributed by atoms with Crippen molar-refractivity contribution in [1.29, 1.82) is 0 Å². The van der Waals surface area contributed by atoms with Gasteiger partial charge in [0.2, 0.25) is 0 Å². The highest BCUT2D eigenvalue weighted by Crippen LogP contribution is 2.12. The normalized spacial score (nSPS) is 12.2. The summed E-state index contributed by atoms with van der Waals surface area (Å²) in [5.74, 6) is -0.0429. The molecule has 1 rings (SSSR count). The Bertz CT molecular complexity index is 297. The molecule has 1 unspecified atom stereocenters. The van der Waals surface area contributed by atoms with Crippen LogP contribution in [0.2, 0.25) is 0 Å². The van der Waals surface area contributed by atoms with Gasteiger partial charge in [-0.2, -0.15) is 0 Å². The minimum Gasteiger partial charge on any atom is -0.372 e. The number of hydrogen-bond donors (Lipinski definition) is 0. The maximum absolute atomic E-state index is 11.7. The number of carbonyl (C=O) groups is 1. The van der Waals surface area contributed by atoms with E-state index in [0.29, 0.717) is 0 Å². The largest absolute Gasteiger partial charge is 0.372 e. The minimum absolute atomic E-state index is 0.0429. The molecular weight excluding hydrogens is 178 g/mol. The van der Waals surface area contributed by atoms with Gasteiger partial charge >= 0.3 is 0 Å². The third-order valence-electron chi connectivity index (χ3n) is 2.18. The van der Waals surface area contributed by atoms with Crippen molar-refractivity contribution in [3.8, 4) is 0 Å². The summed E-state index contributed by atoms with van der Waals surface area (Å²) in [5.41, 5.74) is 0.876. The standard InChI is InChI=1S/C11H15NO2/c1-9(14-3)11(13)12(2)10-7-5-4-6-8-10/h4-9H,1-3H3. The van der Waals surface area contributed by atoms with Crippen LogP contribution in [0.3, 0.4) is 0 Å². The van der Waals surface area contributed by atoms with Crippen LogP contribution < -0.4 is 4.90 Å². The lowest BCUT2D eigenvalue weighted by molar-refractivity contribution is -0.127. The first-order chi connectivity index (χ1) is 6.66. The molecule has 1 atom stereocenters. The first kappa shape index (κ1) is 10.7. The topological polar surface area (TPSA) is 29.5 Å². The first-order valence-electron chi connectivity index (χ1n) is 4.52. The number of hydrogen-bond acceptors (Lipinski definition) is 2. The Balaban J connectivity index is 2.76. The number of para-hydroxylation sites is 1. The van der Waals surface area contributed by atoms with Crippen molar-refractivity contribution in [2.45, 2.75) is 13.0 Å². The molecule has 0 spiro atoms. The van der Waals surface area contributed by atoms with Crippen molar-refractivity contribution < 1.29 is 9.53 Å². The fourth-order valence-electron chi connectivity index (χ4n) is 1.15. The second-order valence-corrected chi connectivity index (χ2v) is 3.11. The summed E-state index contributed by atoms with van der Waals surface area (Å²) in [6.07, 6.45) is -0.403. The zero-order chi connectivity index (χ0) is 10.6. The molecule has 1 aromatic carbocycles. The van der Waals surface area contributed by atoms with Crippen LogP contribution >= 0.6 is 0 Å². The molecule has 0 aromatic heterocycles. The van der Waals surface area contributed by atoms with Gasteiger partial charge in [-0.05, 0) is 19.1 Å². The number of likely N-dealkylation sites (N-methyl/N-ethyl adjacent to an activating group) is 1. The predicted octanol–water partition coefficient (Wildman–Crippen LogP) is 1.68. The summed E-state index contributed by atoms with van der Waals surface area (Å²) >= 11 is 0. The quantitative estimate of drug-likeness (QED) is 0.731.